The van der Waals surface area contributed by atoms with E-state index in [9.17, 15) is 9.59 Å². The number of hydrogen-bond acceptors (Lipinski definition) is 6. The fraction of sp³-hybridized carbons (Fsp3) is 0.333. The van der Waals surface area contributed by atoms with E-state index in [2.05, 4.69) is 34.7 Å². The first-order valence-corrected chi connectivity index (χ1v) is 11.3. The van der Waals surface area contributed by atoms with Crippen molar-refractivity contribution in [1.29, 1.82) is 0 Å². The number of nitrogens with one attached hydrogen (secondary N) is 2. The first kappa shape index (κ1) is 19.7. The van der Waals surface area contributed by atoms with Crippen molar-refractivity contribution in [2.45, 2.75) is 38.6 Å². The number of anilines is 1. The van der Waals surface area contributed by atoms with E-state index < -0.39 is 0 Å². The molecule has 0 saturated heterocycles. The van der Waals surface area contributed by atoms with Gasteiger partial charge in [-0.05, 0) is 48.4 Å². The summed E-state index contributed by atoms with van der Waals surface area (Å²) in [4.78, 5) is 26.4. The highest BCUT2D eigenvalue weighted by molar-refractivity contribution is 7.13. The normalized spacial score (nSPS) is 14.6. The summed E-state index contributed by atoms with van der Waals surface area (Å²) < 4.78 is 0. The highest BCUT2D eigenvalue weighted by Crippen LogP contribution is 2.41. The van der Waals surface area contributed by atoms with E-state index in [0.717, 1.165) is 22.7 Å². The Morgan fingerprint density at radius 3 is 2.62 bits per heavy atom. The quantitative estimate of drug-likeness (QED) is 0.565. The van der Waals surface area contributed by atoms with Crippen LogP contribution in [0.25, 0.3) is 0 Å². The van der Waals surface area contributed by atoms with Crippen molar-refractivity contribution < 1.29 is 9.59 Å². The van der Waals surface area contributed by atoms with Gasteiger partial charge in [0, 0.05) is 22.0 Å². The molecule has 3 aromatic rings. The van der Waals surface area contributed by atoms with Crippen molar-refractivity contribution >= 4 is 40.2 Å². The average molecular weight is 427 g/mol. The standard InChI is InChI=1S/C21H22N4O2S2/c1-12(2)17(16-7-4-10-28-16)23-18(26)14-5-3-6-15(11-14)22-19(27)21-25-24-20(29-21)13-8-9-13/h3-7,10-13,17H,8-9H2,1-2H3,(H,22,27)(H,23,26)/t17-/m1/s1. The summed E-state index contributed by atoms with van der Waals surface area (Å²) in [5.41, 5.74) is 1.06. The topological polar surface area (TPSA) is 84.0 Å². The van der Waals surface area contributed by atoms with E-state index in [4.69, 9.17) is 0 Å². The molecule has 2 N–H and O–H groups in total. The zero-order valence-corrected chi connectivity index (χ0v) is 17.8. The zero-order chi connectivity index (χ0) is 20.4. The zero-order valence-electron chi connectivity index (χ0n) is 16.2. The van der Waals surface area contributed by atoms with Gasteiger partial charge in [0.2, 0.25) is 5.01 Å². The van der Waals surface area contributed by atoms with E-state index in [-0.39, 0.29) is 23.8 Å². The van der Waals surface area contributed by atoms with Gasteiger partial charge in [-0.2, -0.15) is 0 Å². The van der Waals surface area contributed by atoms with Crippen molar-refractivity contribution in [2.24, 2.45) is 5.92 Å². The molecule has 6 nitrogen and oxygen atoms in total. The van der Waals surface area contributed by atoms with Crippen LogP contribution in [0.3, 0.4) is 0 Å². The highest BCUT2D eigenvalue weighted by atomic mass is 32.1. The lowest BCUT2D eigenvalue weighted by Gasteiger charge is -2.21. The molecular weight excluding hydrogens is 404 g/mol. The number of benzene rings is 1. The first-order valence-electron chi connectivity index (χ1n) is 9.60. The van der Waals surface area contributed by atoms with Crippen LogP contribution < -0.4 is 10.6 Å². The van der Waals surface area contributed by atoms with Crippen LogP contribution in [0.4, 0.5) is 5.69 Å². The molecule has 1 fully saturated rings. The molecule has 2 amide bonds. The van der Waals surface area contributed by atoms with E-state index in [1.807, 2.05) is 17.5 Å². The van der Waals surface area contributed by atoms with Crippen molar-refractivity contribution in [3.63, 3.8) is 0 Å². The van der Waals surface area contributed by atoms with Crippen molar-refractivity contribution in [3.05, 3.63) is 62.2 Å². The molecule has 1 aliphatic rings. The number of hydrogen-bond donors (Lipinski definition) is 2. The molecule has 0 bridgehead atoms. The minimum atomic E-state index is -0.300. The van der Waals surface area contributed by atoms with Gasteiger partial charge in [0.1, 0.15) is 5.01 Å². The molecule has 1 aromatic carbocycles. The number of carbonyl (C=O) groups is 2. The van der Waals surface area contributed by atoms with Crippen LogP contribution in [0.5, 0.6) is 0 Å². The van der Waals surface area contributed by atoms with Gasteiger partial charge < -0.3 is 10.6 Å². The maximum Gasteiger partial charge on any atom is 0.286 e. The van der Waals surface area contributed by atoms with Crippen LogP contribution in [0, 0.1) is 5.92 Å². The Balaban J connectivity index is 1.44. The van der Waals surface area contributed by atoms with Gasteiger partial charge in [-0.3, -0.25) is 9.59 Å². The Kier molecular flexibility index (Phi) is 5.73. The molecule has 1 saturated carbocycles. The van der Waals surface area contributed by atoms with Gasteiger partial charge in [-0.15, -0.1) is 21.5 Å². The van der Waals surface area contributed by atoms with Gasteiger partial charge in [0.15, 0.2) is 0 Å². The minimum absolute atomic E-state index is 0.0528. The number of carbonyl (C=O) groups excluding carboxylic acids is 2. The lowest BCUT2D eigenvalue weighted by Crippen LogP contribution is -2.31. The molecule has 29 heavy (non-hydrogen) atoms. The molecule has 1 atom stereocenters. The maximum atomic E-state index is 12.8. The van der Waals surface area contributed by atoms with Crippen LogP contribution in [0.15, 0.2) is 41.8 Å². The molecule has 0 spiro atoms. The van der Waals surface area contributed by atoms with E-state index in [1.54, 1.807) is 35.6 Å². The van der Waals surface area contributed by atoms with Gasteiger partial charge in [0.05, 0.1) is 6.04 Å². The fourth-order valence-corrected chi connectivity index (χ4v) is 4.86. The Morgan fingerprint density at radius 2 is 1.93 bits per heavy atom. The summed E-state index contributed by atoms with van der Waals surface area (Å²) >= 11 is 2.97. The molecule has 0 aliphatic heterocycles. The monoisotopic (exact) mass is 426 g/mol. The molecule has 1 aliphatic carbocycles. The third-order valence-electron chi connectivity index (χ3n) is 4.75. The van der Waals surface area contributed by atoms with E-state index in [1.165, 1.54) is 11.3 Å². The first-order chi connectivity index (χ1) is 14.0. The molecular formula is C21H22N4O2S2. The van der Waals surface area contributed by atoms with Crippen molar-refractivity contribution in [2.75, 3.05) is 5.32 Å². The average Bonchev–Trinajstić information content (AvgIpc) is 3.19. The summed E-state index contributed by atoms with van der Waals surface area (Å²) in [5, 5.41) is 17.3. The number of thiophene rings is 1. The SMILES string of the molecule is CC(C)[C@@H](NC(=O)c1cccc(NC(=O)c2nnc(C3CC3)s2)c1)c1cccs1. The number of rotatable bonds is 7. The summed E-state index contributed by atoms with van der Waals surface area (Å²) in [5.74, 6) is 0.266. The number of aromatic nitrogens is 2. The van der Waals surface area contributed by atoms with E-state index >= 15 is 0 Å². The van der Waals surface area contributed by atoms with E-state index in [0.29, 0.717) is 22.2 Å². The Morgan fingerprint density at radius 1 is 1.10 bits per heavy atom. The summed E-state index contributed by atoms with van der Waals surface area (Å²) in [6.45, 7) is 4.17. The predicted molar refractivity (Wildman–Crippen MR) is 116 cm³/mol. The van der Waals surface area contributed by atoms with Crippen LogP contribution in [-0.2, 0) is 0 Å². The summed E-state index contributed by atoms with van der Waals surface area (Å²) in [6, 6.07) is 10.9. The van der Waals surface area contributed by atoms with Crippen LogP contribution in [0.1, 0.15) is 68.7 Å². The molecule has 0 unspecified atom stereocenters. The Labute approximate surface area is 177 Å². The highest BCUT2D eigenvalue weighted by Gasteiger charge is 2.28. The number of amides is 2. The lowest BCUT2D eigenvalue weighted by molar-refractivity contribution is 0.0925. The third-order valence-corrected chi connectivity index (χ3v) is 6.79. The summed E-state index contributed by atoms with van der Waals surface area (Å²) in [7, 11) is 0. The number of nitrogens with zero attached hydrogens (tertiary/aromatic N) is 2. The second-order valence-corrected chi connectivity index (χ2v) is 9.45. The molecule has 2 aromatic heterocycles. The van der Waals surface area contributed by atoms with Crippen molar-refractivity contribution in [3.8, 4) is 0 Å². The lowest BCUT2D eigenvalue weighted by atomic mass is 10.0. The molecule has 2 heterocycles. The van der Waals surface area contributed by atoms with Crippen LogP contribution >= 0.6 is 22.7 Å². The largest absolute Gasteiger partial charge is 0.344 e. The van der Waals surface area contributed by atoms with Crippen LogP contribution in [-0.4, -0.2) is 22.0 Å². The van der Waals surface area contributed by atoms with Crippen LogP contribution in [0.2, 0.25) is 0 Å². The van der Waals surface area contributed by atoms with Gasteiger partial charge in [-0.1, -0.05) is 37.3 Å². The second-order valence-electron chi connectivity index (χ2n) is 7.47. The van der Waals surface area contributed by atoms with Gasteiger partial charge in [0.25, 0.3) is 11.8 Å². The van der Waals surface area contributed by atoms with Gasteiger partial charge in [-0.25, -0.2) is 0 Å². The fourth-order valence-electron chi connectivity index (χ4n) is 3.00. The molecule has 8 heteroatoms. The van der Waals surface area contributed by atoms with Gasteiger partial charge >= 0.3 is 0 Å². The smallest absolute Gasteiger partial charge is 0.286 e. The molecule has 4 rings (SSSR count). The Hall–Kier alpha value is -2.58. The van der Waals surface area contributed by atoms with Crippen molar-refractivity contribution in [1.82, 2.24) is 15.5 Å². The Bertz CT molecular complexity index is 1010. The minimum Gasteiger partial charge on any atom is -0.344 e. The summed E-state index contributed by atoms with van der Waals surface area (Å²) in [6.07, 6.45) is 2.24. The third kappa shape index (κ3) is 4.71. The molecule has 0 radical (unpaired) electrons. The molecule has 150 valence electrons. The maximum absolute atomic E-state index is 12.8. The predicted octanol–water partition coefficient (Wildman–Crippen LogP) is 4.86. The second kappa shape index (κ2) is 8.42.